The fourth-order valence-electron chi connectivity index (χ4n) is 1.37. The van der Waals surface area contributed by atoms with Gasteiger partial charge in [0.25, 0.3) is 0 Å². The summed E-state index contributed by atoms with van der Waals surface area (Å²) in [5.41, 5.74) is 0.871. The standard InChI is InChI=1S/C13H18N2O2/c1-3-11(16)14-13(15-12(17)4-2)10-8-6-5-7-9-10/h5-9,13H,3-4H2,1-2H3,(H,14,16)(H,15,17). The van der Waals surface area contributed by atoms with Crippen molar-refractivity contribution in [2.75, 3.05) is 0 Å². The molecule has 0 aliphatic heterocycles. The number of nitrogens with one attached hydrogen (secondary N) is 2. The molecule has 1 aromatic carbocycles. The second-order valence-corrected chi connectivity index (χ2v) is 3.69. The largest absolute Gasteiger partial charge is 0.332 e. The van der Waals surface area contributed by atoms with Crippen molar-refractivity contribution in [2.24, 2.45) is 0 Å². The molecule has 0 atom stereocenters. The number of benzene rings is 1. The van der Waals surface area contributed by atoms with E-state index in [1.54, 1.807) is 13.8 Å². The van der Waals surface area contributed by atoms with Crippen molar-refractivity contribution in [3.8, 4) is 0 Å². The van der Waals surface area contributed by atoms with Crippen LogP contribution in [-0.2, 0) is 9.59 Å². The van der Waals surface area contributed by atoms with Crippen LogP contribution in [0.15, 0.2) is 30.3 Å². The Morgan fingerprint density at radius 3 is 1.88 bits per heavy atom. The lowest BCUT2D eigenvalue weighted by molar-refractivity contribution is -0.124. The summed E-state index contributed by atoms with van der Waals surface area (Å²) in [5, 5.41) is 5.55. The lowest BCUT2D eigenvalue weighted by Crippen LogP contribution is -2.40. The first-order valence-electron chi connectivity index (χ1n) is 5.81. The van der Waals surface area contributed by atoms with Crippen LogP contribution in [0.25, 0.3) is 0 Å². The van der Waals surface area contributed by atoms with E-state index in [0.717, 1.165) is 5.56 Å². The second kappa shape index (κ2) is 6.68. The molecule has 0 fully saturated rings. The molecule has 4 nitrogen and oxygen atoms in total. The molecule has 2 N–H and O–H groups in total. The van der Waals surface area contributed by atoms with E-state index >= 15 is 0 Å². The van der Waals surface area contributed by atoms with E-state index in [-0.39, 0.29) is 11.8 Å². The van der Waals surface area contributed by atoms with Gasteiger partial charge in [-0.3, -0.25) is 9.59 Å². The minimum absolute atomic E-state index is 0.0877. The molecule has 17 heavy (non-hydrogen) atoms. The van der Waals surface area contributed by atoms with Gasteiger partial charge in [0, 0.05) is 12.8 Å². The van der Waals surface area contributed by atoms with E-state index in [0.29, 0.717) is 12.8 Å². The van der Waals surface area contributed by atoms with Crippen molar-refractivity contribution in [1.82, 2.24) is 10.6 Å². The van der Waals surface area contributed by atoms with Crippen LogP contribution < -0.4 is 10.6 Å². The number of carbonyl (C=O) groups excluding carboxylic acids is 2. The monoisotopic (exact) mass is 234 g/mol. The zero-order chi connectivity index (χ0) is 12.7. The summed E-state index contributed by atoms with van der Waals surface area (Å²) in [5.74, 6) is -0.175. The summed E-state index contributed by atoms with van der Waals surface area (Å²) in [6.45, 7) is 3.55. The average Bonchev–Trinajstić information content (AvgIpc) is 2.38. The molecule has 0 aliphatic rings. The molecule has 1 aromatic rings. The molecule has 92 valence electrons. The molecule has 0 saturated heterocycles. The smallest absolute Gasteiger partial charge is 0.221 e. The Hall–Kier alpha value is -1.84. The number of carbonyl (C=O) groups is 2. The van der Waals surface area contributed by atoms with E-state index in [1.807, 2.05) is 30.3 Å². The van der Waals surface area contributed by atoms with Crippen LogP contribution in [0.4, 0.5) is 0 Å². The van der Waals surface area contributed by atoms with Gasteiger partial charge in [-0.2, -0.15) is 0 Å². The first-order valence-corrected chi connectivity index (χ1v) is 5.81. The van der Waals surface area contributed by atoms with Crippen LogP contribution in [0.5, 0.6) is 0 Å². The third-order valence-electron chi connectivity index (χ3n) is 2.39. The van der Waals surface area contributed by atoms with Crippen LogP contribution in [-0.4, -0.2) is 11.8 Å². The molecule has 0 aromatic heterocycles. The molecule has 0 aliphatic carbocycles. The van der Waals surface area contributed by atoms with Crippen molar-refractivity contribution in [2.45, 2.75) is 32.9 Å². The SMILES string of the molecule is CCC(=O)NC(NC(=O)CC)c1ccccc1. The normalized spacial score (nSPS) is 10.1. The maximum Gasteiger partial charge on any atom is 0.221 e. The molecule has 0 spiro atoms. The van der Waals surface area contributed by atoms with Gasteiger partial charge in [-0.05, 0) is 5.56 Å². The molecule has 4 heteroatoms. The molecule has 0 saturated carbocycles. The highest BCUT2D eigenvalue weighted by Crippen LogP contribution is 2.09. The molecule has 1 rings (SSSR count). The first kappa shape index (κ1) is 13.2. The Morgan fingerprint density at radius 2 is 1.47 bits per heavy atom. The van der Waals surface area contributed by atoms with Gasteiger partial charge in [0.05, 0.1) is 0 Å². The van der Waals surface area contributed by atoms with Gasteiger partial charge in [-0.15, -0.1) is 0 Å². The van der Waals surface area contributed by atoms with E-state index in [9.17, 15) is 9.59 Å². The van der Waals surface area contributed by atoms with E-state index in [4.69, 9.17) is 0 Å². The van der Waals surface area contributed by atoms with Gasteiger partial charge < -0.3 is 10.6 Å². The van der Waals surface area contributed by atoms with Crippen LogP contribution in [0.3, 0.4) is 0 Å². The molecule has 0 unspecified atom stereocenters. The summed E-state index contributed by atoms with van der Waals surface area (Å²) in [4.78, 5) is 22.8. The summed E-state index contributed by atoms with van der Waals surface area (Å²) >= 11 is 0. The van der Waals surface area contributed by atoms with Gasteiger partial charge >= 0.3 is 0 Å². The third kappa shape index (κ3) is 4.26. The van der Waals surface area contributed by atoms with Crippen molar-refractivity contribution in [3.05, 3.63) is 35.9 Å². The quantitative estimate of drug-likeness (QED) is 0.762. The molecule has 2 amide bonds. The maximum absolute atomic E-state index is 11.4. The Labute approximate surface area is 101 Å². The molecular formula is C13H18N2O2. The molecule has 0 radical (unpaired) electrons. The highest BCUT2D eigenvalue weighted by atomic mass is 16.2. The maximum atomic E-state index is 11.4. The molecule has 0 bridgehead atoms. The van der Waals surface area contributed by atoms with Gasteiger partial charge in [0.1, 0.15) is 6.17 Å². The average molecular weight is 234 g/mol. The third-order valence-corrected chi connectivity index (χ3v) is 2.39. The lowest BCUT2D eigenvalue weighted by Gasteiger charge is -2.20. The van der Waals surface area contributed by atoms with Gasteiger partial charge in [0.2, 0.25) is 11.8 Å². The van der Waals surface area contributed by atoms with Gasteiger partial charge in [-0.1, -0.05) is 44.2 Å². The number of amides is 2. The van der Waals surface area contributed by atoms with Crippen LogP contribution in [0, 0.1) is 0 Å². The predicted molar refractivity (Wildman–Crippen MR) is 66.1 cm³/mol. The van der Waals surface area contributed by atoms with Crippen LogP contribution in [0.2, 0.25) is 0 Å². The predicted octanol–water partition coefficient (Wildman–Crippen LogP) is 1.74. The van der Waals surface area contributed by atoms with Gasteiger partial charge in [0.15, 0.2) is 0 Å². The summed E-state index contributed by atoms with van der Waals surface area (Å²) in [6.07, 6.45) is 0.340. The Kier molecular flexibility index (Phi) is 5.20. The Morgan fingerprint density at radius 1 is 1.00 bits per heavy atom. The summed E-state index contributed by atoms with van der Waals surface area (Å²) in [6, 6.07) is 9.38. The zero-order valence-electron chi connectivity index (χ0n) is 10.2. The van der Waals surface area contributed by atoms with Crippen molar-refractivity contribution in [1.29, 1.82) is 0 Å². The summed E-state index contributed by atoms with van der Waals surface area (Å²) in [7, 11) is 0. The minimum Gasteiger partial charge on any atom is -0.332 e. The van der Waals surface area contributed by atoms with E-state index in [2.05, 4.69) is 10.6 Å². The lowest BCUT2D eigenvalue weighted by atomic mass is 10.1. The Bertz CT molecular complexity index is 358. The Balaban J connectivity index is 2.79. The number of hydrogen-bond acceptors (Lipinski definition) is 2. The highest BCUT2D eigenvalue weighted by Gasteiger charge is 2.14. The van der Waals surface area contributed by atoms with Crippen molar-refractivity contribution in [3.63, 3.8) is 0 Å². The number of hydrogen-bond donors (Lipinski definition) is 2. The second-order valence-electron chi connectivity index (χ2n) is 3.69. The van der Waals surface area contributed by atoms with Crippen LogP contribution in [0.1, 0.15) is 38.4 Å². The topological polar surface area (TPSA) is 58.2 Å². The molecule has 0 heterocycles. The first-order chi connectivity index (χ1) is 8.17. The van der Waals surface area contributed by atoms with Gasteiger partial charge in [-0.25, -0.2) is 0 Å². The fourth-order valence-corrected chi connectivity index (χ4v) is 1.37. The van der Waals surface area contributed by atoms with Crippen molar-refractivity contribution < 1.29 is 9.59 Å². The minimum atomic E-state index is -0.448. The van der Waals surface area contributed by atoms with Crippen LogP contribution >= 0.6 is 0 Å². The number of rotatable bonds is 5. The van der Waals surface area contributed by atoms with E-state index < -0.39 is 6.17 Å². The molecular weight excluding hydrogens is 216 g/mol. The van der Waals surface area contributed by atoms with E-state index in [1.165, 1.54) is 0 Å². The summed E-state index contributed by atoms with van der Waals surface area (Å²) < 4.78 is 0. The zero-order valence-corrected chi connectivity index (χ0v) is 10.2. The van der Waals surface area contributed by atoms with Crippen molar-refractivity contribution >= 4 is 11.8 Å². The fraction of sp³-hybridized carbons (Fsp3) is 0.385. The highest BCUT2D eigenvalue weighted by molar-refractivity contribution is 5.79.